The molecule has 0 saturated carbocycles. The maximum atomic E-state index is 12.6. The molecule has 0 aliphatic rings. The van der Waals surface area contributed by atoms with Gasteiger partial charge < -0.3 is 10.1 Å². The number of carbonyl (C=O) groups excluding carboxylic acids is 2. The maximum Gasteiger partial charge on any atom is 0.341 e. The second-order valence-electron chi connectivity index (χ2n) is 5.69. The highest BCUT2D eigenvalue weighted by molar-refractivity contribution is 7.17. The molecule has 0 radical (unpaired) electrons. The van der Waals surface area contributed by atoms with E-state index in [0.29, 0.717) is 21.0 Å². The number of aryl methyl sites for hydroxylation is 1. The Labute approximate surface area is 168 Å². The normalized spacial score (nSPS) is 10.5. The molecule has 0 aliphatic carbocycles. The Hall–Kier alpha value is -3.04. The van der Waals surface area contributed by atoms with Gasteiger partial charge in [0.05, 0.1) is 16.4 Å². The molecule has 0 aliphatic heterocycles. The van der Waals surface area contributed by atoms with Gasteiger partial charge in [0.25, 0.3) is 11.6 Å². The number of hydrogen-bond donors (Lipinski definition) is 1. The number of non-ortho nitro benzene ring substituents is 1. The van der Waals surface area contributed by atoms with Gasteiger partial charge in [-0.15, -0.1) is 22.7 Å². The molecule has 0 bridgehead atoms. The Morgan fingerprint density at radius 3 is 2.50 bits per heavy atom. The first-order valence-electron chi connectivity index (χ1n) is 8.32. The van der Waals surface area contributed by atoms with Gasteiger partial charge in [0.2, 0.25) is 0 Å². The first-order valence-corrected chi connectivity index (χ1v) is 10.0. The summed E-state index contributed by atoms with van der Waals surface area (Å²) in [6.45, 7) is 3.71. The van der Waals surface area contributed by atoms with Crippen molar-refractivity contribution >= 4 is 45.2 Å². The molecule has 7 nitrogen and oxygen atoms in total. The number of nitrogens with zero attached hydrogens (tertiary/aromatic N) is 1. The molecule has 0 unspecified atom stereocenters. The summed E-state index contributed by atoms with van der Waals surface area (Å²) >= 11 is 2.56. The Morgan fingerprint density at radius 1 is 1.21 bits per heavy atom. The zero-order valence-corrected chi connectivity index (χ0v) is 16.7. The molecular formula is C19H16N2O5S2. The van der Waals surface area contributed by atoms with Crippen LogP contribution in [0.4, 0.5) is 10.7 Å². The van der Waals surface area contributed by atoms with Crippen LogP contribution in [0.3, 0.4) is 0 Å². The quantitative estimate of drug-likeness (QED) is 0.341. The third kappa shape index (κ3) is 3.95. The summed E-state index contributed by atoms with van der Waals surface area (Å²) in [5.41, 5.74) is 1.45. The number of amides is 1. The molecule has 1 N–H and O–H groups in total. The van der Waals surface area contributed by atoms with Gasteiger partial charge in [-0.25, -0.2) is 4.79 Å². The molecule has 2 heterocycles. The van der Waals surface area contributed by atoms with Crippen molar-refractivity contribution in [2.75, 3.05) is 11.9 Å². The Bertz CT molecular complexity index is 1020. The van der Waals surface area contributed by atoms with Gasteiger partial charge in [-0.1, -0.05) is 6.07 Å². The molecule has 1 amide bonds. The zero-order valence-electron chi connectivity index (χ0n) is 15.1. The largest absolute Gasteiger partial charge is 0.462 e. The van der Waals surface area contributed by atoms with Gasteiger partial charge in [-0.3, -0.25) is 14.9 Å². The first kappa shape index (κ1) is 19.7. The number of nitro benzene ring substituents is 1. The summed E-state index contributed by atoms with van der Waals surface area (Å²) < 4.78 is 5.19. The Balaban J connectivity index is 2.06. The molecule has 144 valence electrons. The van der Waals surface area contributed by atoms with Crippen molar-refractivity contribution in [1.29, 1.82) is 0 Å². The van der Waals surface area contributed by atoms with Gasteiger partial charge in [0.15, 0.2) is 0 Å². The second-order valence-corrected chi connectivity index (χ2v) is 7.87. The van der Waals surface area contributed by atoms with E-state index >= 15 is 0 Å². The van der Waals surface area contributed by atoms with E-state index in [2.05, 4.69) is 5.32 Å². The third-order valence-electron chi connectivity index (χ3n) is 3.90. The van der Waals surface area contributed by atoms with Gasteiger partial charge in [-0.2, -0.15) is 0 Å². The number of rotatable bonds is 6. The van der Waals surface area contributed by atoms with Crippen LogP contribution in [0.15, 0.2) is 41.8 Å². The number of esters is 1. The van der Waals surface area contributed by atoms with Crippen molar-refractivity contribution < 1.29 is 19.2 Å². The maximum absolute atomic E-state index is 12.6. The number of ether oxygens (including phenoxy) is 1. The summed E-state index contributed by atoms with van der Waals surface area (Å²) in [5, 5.41) is 15.9. The molecule has 0 atom stereocenters. The molecule has 0 fully saturated rings. The number of thiophene rings is 2. The first-order chi connectivity index (χ1) is 13.4. The van der Waals surface area contributed by atoms with Crippen LogP contribution in [0, 0.1) is 17.0 Å². The highest BCUT2D eigenvalue weighted by Gasteiger charge is 2.26. The molecule has 9 heteroatoms. The number of nitrogens with one attached hydrogen (secondary N) is 1. The fraction of sp³-hybridized carbons (Fsp3) is 0.158. The molecule has 2 aromatic heterocycles. The van der Waals surface area contributed by atoms with Crippen LogP contribution in [0.25, 0.3) is 11.1 Å². The standard InChI is InChI=1S/C19H16N2O5S2/c1-3-26-19(23)16-15(12-6-8-13(9-7-12)21(24)25)11(2)28-18(16)20-17(22)14-5-4-10-27-14/h4-10H,3H2,1-2H3,(H,20,22). The number of benzene rings is 1. The van der Waals surface area contributed by atoms with Crippen LogP contribution in [-0.2, 0) is 4.74 Å². The lowest BCUT2D eigenvalue weighted by Crippen LogP contribution is -2.13. The number of anilines is 1. The molecule has 3 aromatic rings. The van der Waals surface area contributed by atoms with Crippen LogP contribution < -0.4 is 5.32 Å². The van der Waals surface area contributed by atoms with E-state index in [9.17, 15) is 19.7 Å². The molecule has 3 rings (SSSR count). The Morgan fingerprint density at radius 2 is 1.93 bits per heavy atom. The fourth-order valence-electron chi connectivity index (χ4n) is 2.70. The number of hydrogen-bond acceptors (Lipinski definition) is 7. The fourth-order valence-corrected chi connectivity index (χ4v) is 4.38. The topological polar surface area (TPSA) is 98.5 Å². The summed E-state index contributed by atoms with van der Waals surface area (Å²) in [7, 11) is 0. The zero-order chi connectivity index (χ0) is 20.3. The minimum Gasteiger partial charge on any atom is -0.462 e. The lowest BCUT2D eigenvalue weighted by Gasteiger charge is -2.09. The van der Waals surface area contributed by atoms with Crippen LogP contribution in [0.1, 0.15) is 31.8 Å². The summed E-state index contributed by atoms with van der Waals surface area (Å²) in [4.78, 5) is 36.8. The van der Waals surface area contributed by atoms with Gasteiger partial charge in [0, 0.05) is 22.6 Å². The lowest BCUT2D eigenvalue weighted by atomic mass is 10.0. The third-order valence-corrected chi connectivity index (χ3v) is 5.79. The second kappa shape index (κ2) is 8.32. The van der Waals surface area contributed by atoms with Crippen LogP contribution in [0.5, 0.6) is 0 Å². The molecule has 1 aromatic carbocycles. The minimum absolute atomic E-state index is 0.0412. The predicted octanol–water partition coefficient (Wildman–Crippen LogP) is 5.12. The molecule has 0 spiro atoms. The van der Waals surface area contributed by atoms with Crippen LogP contribution >= 0.6 is 22.7 Å². The highest BCUT2D eigenvalue weighted by atomic mass is 32.1. The van der Waals surface area contributed by atoms with E-state index in [1.807, 2.05) is 6.92 Å². The van der Waals surface area contributed by atoms with Gasteiger partial charge in [0.1, 0.15) is 10.6 Å². The minimum atomic E-state index is -0.554. The van der Waals surface area contributed by atoms with E-state index in [1.165, 1.54) is 34.8 Å². The van der Waals surface area contributed by atoms with Crippen molar-refractivity contribution in [2.24, 2.45) is 0 Å². The smallest absolute Gasteiger partial charge is 0.341 e. The van der Waals surface area contributed by atoms with Crippen molar-refractivity contribution in [3.8, 4) is 11.1 Å². The highest BCUT2D eigenvalue weighted by Crippen LogP contribution is 2.41. The average molecular weight is 416 g/mol. The van der Waals surface area contributed by atoms with Gasteiger partial charge >= 0.3 is 5.97 Å². The van der Waals surface area contributed by atoms with Crippen LogP contribution in [-0.4, -0.2) is 23.4 Å². The van der Waals surface area contributed by atoms with E-state index < -0.39 is 10.9 Å². The summed E-state index contributed by atoms with van der Waals surface area (Å²) in [5.74, 6) is -0.862. The SMILES string of the molecule is CCOC(=O)c1c(NC(=O)c2cccs2)sc(C)c1-c1ccc([N+](=O)[O-])cc1. The predicted molar refractivity (Wildman–Crippen MR) is 109 cm³/mol. The van der Waals surface area contributed by atoms with E-state index in [4.69, 9.17) is 4.74 Å². The molecule has 28 heavy (non-hydrogen) atoms. The number of nitro groups is 1. The van der Waals surface area contributed by atoms with Gasteiger partial charge in [-0.05, 0) is 43.0 Å². The van der Waals surface area contributed by atoms with Crippen LogP contribution in [0.2, 0.25) is 0 Å². The van der Waals surface area contributed by atoms with Crippen molar-refractivity contribution in [3.05, 3.63) is 67.2 Å². The molecular weight excluding hydrogens is 400 g/mol. The monoisotopic (exact) mass is 416 g/mol. The van der Waals surface area contributed by atoms with E-state index in [0.717, 1.165) is 4.88 Å². The van der Waals surface area contributed by atoms with Crippen molar-refractivity contribution in [1.82, 2.24) is 0 Å². The lowest BCUT2D eigenvalue weighted by molar-refractivity contribution is -0.384. The average Bonchev–Trinajstić information content (AvgIpc) is 3.30. The molecule has 0 saturated heterocycles. The van der Waals surface area contributed by atoms with Crippen molar-refractivity contribution in [3.63, 3.8) is 0 Å². The summed E-state index contributed by atoms with van der Waals surface area (Å²) in [6, 6.07) is 9.40. The van der Waals surface area contributed by atoms with Crippen molar-refractivity contribution in [2.45, 2.75) is 13.8 Å². The summed E-state index contributed by atoms with van der Waals surface area (Å²) in [6.07, 6.45) is 0. The number of carbonyl (C=O) groups is 2. The van der Waals surface area contributed by atoms with E-state index in [-0.39, 0.29) is 23.8 Å². The van der Waals surface area contributed by atoms with E-state index in [1.54, 1.807) is 36.6 Å². The Kier molecular flexibility index (Phi) is 5.86.